The van der Waals surface area contributed by atoms with Crippen molar-refractivity contribution in [1.82, 2.24) is 15.3 Å². The molecule has 5 nitrogen and oxygen atoms in total. The Balaban J connectivity index is 1.75. The summed E-state index contributed by atoms with van der Waals surface area (Å²) in [4.78, 5) is 21.1. The summed E-state index contributed by atoms with van der Waals surface area (Å²) < 4.78 is 0. The Bertz CT molecular complexity index is 923. The molecule has 3 aromatic rings. The molecule has 0 saturated heterocycles. The Morgan fingerprint density at radius 2 is 1.73 bits per heavy atom. The summed E-state index contributed by atoms with van der Waals surface area (Å²) in [6.07, 6.45) is 0. The summed E-state index contributed by atoms with van der Waals surface area (Å²) in [7, 11) is 0. The molecule has 1 amide bonds. The molecule has 0 radical (unpaired) electrons. The summed E-state index contributed by atoms with van der Waals surface area (Å²) in [5, 5.41) is 6.17. The predicted octanol–water partition coefficient (Wildman–Crippen LogP) is 4.08. The van der Waals surface area contributed by atoms with Crippen LogP contribution in [0.2, 0.25) is 0 Å². The normalized spacial score (nSPS) is 10.4. The molecule has 1 aromatic heterocycles. The third-order valence-corrected chi connectivity index (χ3v) is 4.01. The fourth-order valence-corrected chi connectivity index (χ4v) is 2.71. The van der Waals surface area contributed by atoms with Crippen LogP contribution in [0.5, 0.6) is 0 Å². The van der Waals surface area contributed by atoms with Crippen LogP contribution in [0.15, 0.2) is 54.6 Å². The summed E-state index contributed by atoms with van der Waals surface area (Å²) >= 11 is 0. The number of amides is 1. The van der Waals surface area contributed by atoms with Crippen LogP contribution in [-0.2, 0) is 6.54 Å². The van der Waals surface area contributed by atoms with Crippen molar-refractivity contribution in [3.63, 3.8) is 0 Å². The van der Waals surface area contributed by atoms with Crippen molar-refractivity contribution in [3.8, 4) is 0 Å². The monoisotopic (exact) mass is 346 g/mol. The molecule has 0 aliphatic carbocycles. The molecule has 0 fully saturated rings. The van der Waals surface area contributed by atoms with E-state index < -0.39 is 0 Å². The van der Waals surface area contributed by atoms with E-state index in [-0.39, 0.29) is 5.91 Å². The fraction of sp³-hybridized carbons (Fsp3) is 0.190. The quantitative estimate of drug-likeness (QED) is 0.731. The van der Waals surface area contributed by atoms with Gasteiger partial charge < -0.3 is 10.6 Å². The van der Waals surface area contributed by atoms with Crippen molar-refractivity contribution in [2.75, 3.05) is 5.32 Å². The average Bonchev–Trinajstić information content (AvgIpc) is 2.62. The van der Waals surface area contributed by atoms with E-state index >= 15 is 0 Å². The Morgan fingerprint density at radius 3 is 2.46 bits per heavy atom. The maximum Gasteiger partial charge on any atom is 0.270 e. The molecule has 2 N–H and O–H groups in total. The highest BCUT2D eigenvalue weighted by Crippen LogP contribution is 2.20. The maximum absolute atomic E-state index is 12.5. The molecule has 132 valence electrons. The zero-order valence-corrected chi connectivity index (χ0v) is 15.2. The minimum absolute atomic E-state index is 0.219. The minimum atomic E-state index is -0.219. The third-order valence-electron chi connectivity index (χ3n) is 4.01. The van der Waals surface area contributed by atoms with Gasteiger partial charge in [0.25, 0.3) is 5.91 Å². The average molecular weight is 346 g/mol. The first kappa shape index (κ1) is 17.6. The fourth-order valence-electron chi connectivity index (χ4n) is 2.71. The first-order valence-corrected chi connectivity index (χ1v) is 8.53. The minimum Gasteiger partial charge on any atom is -0.347 e. The zero-order valence-electron chi connectivity index (χ0n) is 15.2. The van der Waals surface area contributed by atoms with E-state index in [1.54, 1.807) is 13.0 Å². The van der Waals surface area contributed by atoms with Crippen molar-refractivity contribution >= 4 is 17.4 Å². The van der Waals surface area contributed by atoms with Gasteiger partial charge in [0.15, 0.2) is 0 Å². The molecule has 5 heteroatoms. The molecule has 3 rings (SSSR count). The predicted molar refractivity (Wildman–Crippen MR) is 104 cm³/mol. The van der Waals surface area contributed by atoms with Crippen molar-refractivity contribution in [3.05, 3.63) is 82.8 Å². The van der Waals surface area contributed by atoms with Crippen LogP contribution in [0, 0.1) is 20.8 Å². The topological polar surface area (TPSA) is 66.9 Å². The van der Waals surface area contributed by atoms with E-state index in [1.807, 2.05) is 49.4 Å². The van der Waals surface area contributed by atoms with Crippen LogP contribution >= 0.6 is 0 Å². The summed E-state index contributed by atoms with van der Waals surface area (Å²) in [5.74, 6) is 0.932. The van der Waals surface area contributed by atoms with Crippen molar-refractivity contribution in [2.45, 2.75) is 27.3 Å². The Morgan fingerprint density at radius 1 is 0.962 bits per heavy atom. The van der Waals surface area contributed by atoms with Gasteiger partial charge in [-0.3, -0.25) is 4.79 Å². The first-order chi connectivity index (χ1) is 12.5. The van der Waals surface area contributed by atoms with Gasteiger partial charge in [0, 0.05) is 18.3 Å². The number of rotatable bonds is 5. The van der Waals surface area contributed by atoms with Gasteiger partial charge in [-0.25, -0.2) is 9.97 Å². The van der Waals surface area contributed by atoms with Gasteiger partial charge in [-0.15, -0.1) is 0 Å². The van der Waals surface area contributed by atoms with Gasteiger partial charge in [0.05, 0.1) is 0 Å². The number of aryl methyl sites for hydroxylation is 3. The third kappa shape index (κ3) is 4.45. The van der Waals surface area contributed by atoms with Crippen molar-refractivity contribution in [2.24, 2.45) is 0 Å². The molecular weight excluding hydrogens is 324 g/mol. The Labute approximate surface area is 153 Å². The molecule has 0 aliphatic heterocycles. The van der Waals surface area contributed by atoms with E-state index in [1.165, 1.54) is 5.56 Å². The number of aromatic nitrogens is 2. The van der Waals surface area contributed by atoms with Gasteiger partial charge in [0.1, 0.15) is 17.3 Å². The molecular formula is C21H22N4O. The highest BCUT2D eigenvalue weighted by molar-refractivity contribution is 5.93. The first-order valence-electron chi connectivity index (χ1n) is 8.53. The molecule has 0 atom stereocenters. The standard InChI is InChI=1S/C21H22N4O/c1-14-9-10-18(15(2)11-14)25-20-12-19(23-16(3)24-20)21(26)22-13-17-7-5-4-6-8-17/h4-12H,13H2,1-3H3,(H,22,26)(H,23,24,25). The van der Waals surface area contributed by atoms with Crippen LogP contribution in [0.3, 0.4) is 0 Å². The molecule has 0 bridgehead atoms. The Hall–Kier alpha value is -3.21. The summed E-state index contributed by atoms with van der Waals surface area (Å²) in [6.45, 7) is 6.33. The van der Waals surface area contributed by atoms with Gasteiger partial charge in [-0.2, -0.15) is 0 Å². The van der Waals surface area contributed by atoms with Crippen LogP contribution in [-0.4, -0.2) is 15.9 Å². The number of carbonyl (C=O) groups excluding carboxylic acids is 1. The highest BCUT2D eigenvalue weighted by atomic mass is 16.1. The SMILES string of the molecule is Cc1ccc(Nc2cc(C(=O)NCc3ccccc3)nc(C)n2)c(C)c1. The lowest BCUT2D eigenvalue weighted by Crippen LogP contribution is -2.24. The highest BCUT2D eigenvalue weighted by Gasteiger charge is 2.11. The second-order valence-corrected chi connectivity index (χ2v) is 6.30. The number of nitrogens with one attached hydrogen (secondary N) is 2. The van der Waals surface area contributed by atoms with Crippen molar-refractivity contribution in [1.29, 1.82) is 0 Å². The van der Waals surface area contributed by atoms with Crippen LogP contribution in [0.25, 0.3) is 0 Å². The van der Waals surface area contributed by atoms with E-state index in [0.29, 0.717) is 23.9 Å². The van der Waals surface area contributed by atoms with Crippen molar-refractivity contribution < 1.29 is 4.79 Å². The largest absolute Gasteiger partial charge is 0.347 e. The molecule has 0 spiro atoms. The van der Waals surface area contributed by atoms with E-state index in [9.17, 15) is 4.79 Å². The zero-order chi connectivity index (χ0) is 18.5. The Kier molecular flexibility index (Phi) is 5.27. The smallest absolute Gasteiger partial charge is 0.270 e. The molecule has 0 saturated carbocycles. The van der Waals surface area contributed by atoms with Gasteiger partial charge >= 0.3 is 0 Å². The molecule has 2 aromatic carbocycles. The van der Waals surface area contributed by atoms with Crippen LogP contribution in [0.4, 0.5) is 11.5 Å². The number of hydrogen-bond acceptors (Lipinski definition) is 4. The molecule has 1 heterocycles. The number of hydrogen-bond donors (Lipinski definition) is 2. The van der Waals surface area contributed by atoms with E-state index in [0.717, 1.165) is 16.8 Å². The number of benzene rings is 2. The molecule has 0 aliphatic rings. The lowest BCUT2D eigenvalue weighted by Gasteiger charge is -2.11. The van der Waals surface area contributed by atoms with E-state index in [2.05, 4.69) is 33.6 Å². The van der Waals surface area contributed by atoms with Gasteiger partial charge in [-0.1, -0.05) is 48.0 Å². The summed E-state index contributed by atoms with van der Waals surface area (Å²) in [5.41, 5.74) is 4.68. The number of carbonyl (C=O) groups is 1. The van der Waals surface area contributed by atoms with Crippen LogP contribution in [0.1, 0.15) is 33.0 Å². The number of nitrogens with zero attached hydrogens (tertiary/aromatic N) is 2. The van der Waals surface area contributed by atoms with Crippen LogP contribution < -0.4 is 10.6 Å². The molecule has 0 unspecified atom stereocenters. The second-order valence-electron chi connectivity index (χ2n) is 6.30. The number of anilines is 2. The maximum atomic E-state index is 12.5. The van der Waals surface area contributed by atoms with E-state index in [4.69, 9.17) is 0 Å². The summed E-state index contributed by atoms with van der Waals surface area (Å²) in [6, 6.07) is 17.6. The van der Waals surface area contributed by atoms with Gasteiger partial charge in [-0.05, 0) is 38.0 Å². The van der Waals surface area contributed by atoms with Gasteiger partial charge in [0.2, 0.25) is 0 Å². The lowest BCUT2D eigenvalue weighted by atomic mass is 10.1. The molecule has 26 heavy (non-hydrogen) atoms. The second kappa shape index (κ2) is 7.78. The lowest BCUT2D eigenvalue weighted by molar-refractivity contribution is 0.0945.